The van der Waals surface area contributed by atoms with Gasteiger partial charge >= 0.3 is 0 Å². The molecule has 1 aliphatic carbocycles. The smallest absolute Gasteiger partial charge is 0.256 e. The van der Waals surface area contributed by atoms with Crippen LogP contribution in [0.4, 0.5) is 13.2 Å². The Kier molecular flexibility index (Phi) is 4.83. The van der Waals surface area contributed by atoms with Gasteiger partial charge in [0.1, 0.15) is 0 Å². The lowest BCUT2D eigenvalue weighted by Gasteiger charge is -2.45. The molecule has 0 radical (unpaired) electrons. The molecule has 0 unspecified atom stereocenters. The molecule has 1 aromatic carbocycles. The Labute approximate surface area is 195 Å². The SMILES string of the molecule is Cc1nc(C2CC2)ccc1C(=O)N1[C@@H]2CCC[C@H]1c1nn(C)c(-c3cc(F)c(F)c(F)c3)c1C2. The van der Waals surface area contributed by atoms with Crippen LogP contribution in [0.15, 0.2) is 24.3 Å². The van der Waals surface area contributed by atoms with Crippen molar-refractivity contribution in [3.8, 4) is 11.3 Å². The molecule has 6 rings (SSSR count). The quantitative estimate of drug-likeness (QED) is 0.487. The van der Waals surface area contributed by atoms with Gasteiger partial charge in [-0.2, -0.15) is 5.10 Å². The van der Waals surface area contributed by atoms with Gasteiger partial charge in [-0.1, -0.05) is 0 Å². The topological polar surface area (TPSA) is 51.0 Å². The van der Waals surface area contributed by atoms with Crippen LogP contribution in [-0.4, -0.2) is 31.6 Å². The summed E-state index contributed by atoms with van der Waals surface area (Å²) in [5.41, 5.74) is 4.88. The summed E-state index contributed by atoms with van der Waals surface area (Å²) in [5, 5.41) is 4.69. The summed E-state index contributed by atoms with van der Waals surface area (Å²) >= 11 is 0. The molecule has 176 valence electrons. The van der Waals surface area contributed by atoms with Gasteiger partial charge in [-0.05, 0) is 69.7 Å². The fraction of sp³-hybridized carbons (Fsp3) is 0.423. The molecule has 3 aromatic rings. The molecule has 2 aromatic heterocycles. The van der Waals surface area contributed by atoms with Gasteiger partial charge in [-0.3, -0.25) is 14.5 Å². The van der Waals surface area contributed by atoms with Gasteiger partial charge < -0.3 is 4.90 Å². The summed E-state index contributed by atoms with van der Waals surface area (Å²) in [6.07, 6.45) is 5.43. The fourth-order valence-corrected chi connectivity index (χ4v) is 5.75. The standard InChI is InChI=1S/C26H25F3N4O/c1-13-17(8-9-21(30-13)14-6-7-14)26(34)33-16-4-3-5-22(33)24-18(12-16)25(32(2)31-24)15-10-19(27)23(29)20(28)11-15/h8-11,14,16,22H,3-7,12H2,1-2H3/t16-,22+/m1/s1. The highest BCUT2D eigenvalue weighted by Gasteiger charge is 2.44. The summed E-state index contributed by atoms with van der Waals surface area (Å²) < 4.78 is 43.2. The number of piperidine rings is 1. The zero-order chi connectivity index (χ0) is 23.7. The Morgan fingerprint density at radius 3 is 2.47 bits per heavy atom. The molecule has 5 nitrogen and oxygen atoms in total. The van der Waals surface area contributed by atoms with Crippen LogP contribution in [0.5, 0.6) is 0 Å². The first-order valence-electron chi connectivity index (χ1n) is 11.8. The molecule has 2 aliphatic heterocycles. The molecule has 0 spiro atoms. The van der Waals surface area contributed by atoms with E-state index < -0.39 is 17.5 Å². The second-order valence-electron chi connectivity index (χ2n) is 9.75. The van der Waals surface area contributed by atoms with E-state index in [1.807, 2.05) is 24.0 Å². The first-order valence-corrected chi connectivity index (χ1v) is 11.8. The largest absolute Gasteiger partial charge is 0.327 e. The van der Waals surface area contributed by atoms with Crippen LogP contribution < -0.4 is 0 Å². The minimum absolute atomic E-state index is 0.0423. The number of rotatable bonds is 3. The molecular weight excluding hydrogens is 441 g/mol. The van der Waals surface area contributed by atoms with Crippen LogP contribution in [0.25, 0.3) is 11.3 Å². The summed E-state index contributed by atoms with van der Waals surface area (Å²) in [5.74, 6) is -3.46. The van der Waals surface area contributed by atoms with Crippen molar-refractivity contribution in [2.75, 3.05) is 0 Å². The lowest BCUT2D eigenvalue weighted by molar-refractivity contribution is 0.0390. The Balaban J connectivity index is 1.40. The monoisotopic (exact) mass is 466 g/mol. The first kappa shape index (κ1) is 21.4. The Bertz CT molecular complexity index is 1310. The zero-order valence-electron chi connectivity index (χ0n) is 19.1. The summed E-state index contributed by atoms with van der Waals surface area (Å²) in [6.45, 7) is 1.89. The predicted molar refractivity (Wildman–Crippen MR) is 120 cm³/mol. The van der Waals surface area contributed by atoms with Crippen molar-refractivity contribution in [1.29, 1.82) is 0 Å². The number of benzene rings is 1. The van der Waals surface area contributed by atoms with E-state index in [0.717, 1.165) is 66.9 Å². The molecule has 1 saturated carbocycles. The maximum atomic E-state index is 14.0. The van der Waals surface area contributed by atoms with E-state index in [0.29, 0.717) is 23.6 Å². The van der Waals surface area contributed by atoms with Crippen LogP contribution >= 0.6 is 0 Å². The van der Waals surface area contributed by atoms with Gasteiger partial charge in [0.25, 0.3) is 5.91 Å². The van der Waals surface area contributed by atoms with Gasteiger partial charge in [0.05, 0.1) is 28.7 Å². The third kappa shape index (κ3) is 3.26. The number of halogens is 3. The number of fused-ring (bicyclic) bond motifs is 4. The van der Waals surface area contributed by atoms with Gasteiger partial charge in [-0.25, -0.2) is 13.2 Å². The third-order valence-electron chi connectivity index (χ3n) is 7.50. The van der Waals surface area contributed by atoms with Crippen molar-refractivity contribution < 1.29 is 18.0 Å². The maximum Gasteiger partial charge on any atom is 0.256 e. The van der Waals surface area contributed by atoms with Crippen molar-refractivity contribution in [1.82, 2.24) is 19.7 Å². The molecule has 3 aliphatic rings. The number of nitrogens with zero attached hydrogens (tertiary/aromatic N) is 4. The Hall–Kier alpha value is -3.16. The van der Waals surface area contributed by atoms with E-state index in [-0.39, 0.29) is 23.6 Å². The number of amides is 1. The Morgan fingerprint density at radius 1 is 1.06 bits per heavy atom. The number of pyridine rings is 1. The van der Waals surface area contributed by atoms with E-state index in [2.05, 4.69) is 0 Å². The molecular formula is C26H25F3N4O. The van der Waals surface area contributed by atoms with E-state index in [4.69, 9.17) is 10.1 Å². The van der Waals surface area contributed by atoms with Crippen molar-refractivity contribution in [2.45, 2.75) is 63.5 Å². The van der Waals surface area contributed by atoms with Crippen LogP contribution in [0, 0.1) is 24.4 Å². The van der Waals surface area contributed by atoms with Gasteiger partial charge in [0.2, 0.25) is 0 Å². The highest BCUT2D eigenvalue weighted by molar-refractivity contribution is 5.96. The number of carbonyl (C=O) groups excluding carboxylic acids is 1. The van der Waals surface area contributed by atoms with E-state index in [1.165, 1.54) is 0 Å². The molecule has 2 fully saturated rings. The second kappa shape index (κ2) is 7.68. The van der Waals surface area contributed by atoms with Crippen LogP contribution in [-0.2, 0) is 13.5 Å². The summed E-state index contributed by atoms with van der Waals surface area (Å²) in [6, 6.07) is 5.64. The van der Waals surface area contributed by atoms with Crippen molar-refractivity contribution in [3.63, 3.8) is 0 Å². The highest BCUT2D eigenvalue weighted by Crippen LogP contribution is 2.45. The lowest BCUT2D eigenvalue weighted by atomic mass is 9.81. The van der Waals surface area contributed by atoms with Crippen molar-refractivity contribution in [2.24, 2.45) is 7.05 Å². The lowest BCUT2D eigenvalue weighted by Crippen LogP contribution is -2.50. The second-order valence-corrected chi connectivity index (χ2v) is 9.75. The number of carbonyl (C=O) groups is 1. The summed E-state index contributed by atoms with van der Waals surface area (Å²) in [4.78, 5) is 20.4. The Morgan fingerprint density at radius 2 is 1.79 bits per heavy atom. The van der Waals surface area contributed by atoms with E-state index in [1.54, 1.807) is 11.7 Å². The molecule has 2 bridgehead atoms. The molecule has 34 heavy (non-hydrogen) atoms. The number of hydrogen-bond donors (Lipinski definition) is 0. The van der Waals surface area contributed by atoms with Crippen LogP contribution in [0.3, 0.4) is 0 Å². The van der Waals surface area contributed by atoms with Crippen LogP contribution in [0.1, 0.15) is 77.1 Å². The molecule has 0 N–H and O–H groups in total. The number of aromatic nitrogens is 3. The molecule has 2 atom stereocenters. The number of hydrogen-bond acceptors (Lipinski definition) is 3. The van der Waals surface area contributed by atoms with Crippen molar-refractivity contribution >= 4 is 5.91 Å². The minimum atomic E-state index is -1.48. The third-order valence-corrected chi connectivity index (χ3v) is 7.50. The van der Waals surface area contributed by atoms with Gasteiger partial charge in [-0.15, -0.1) is 0 Å². The fourth-order valence-electron chi connectivity index (χ4n) is 5.75. The zero-order valence-corrected chi connectivity index (χ0v) is 19.1. The van der Waals surface area contributed by atoms with E-state index >= 15 is 0 Å². The molecule has 4 heterocycles. The van der Waals surface area contributed by atoms with Crippen molar-refractivity contribution in [3.05, 3.63) is 69.9 Å². The van der Waals surface area contributed by atoms with Gasteiger partial charge in [0, 0.05) is 35.8 Å². The first-order chi connectivity index (χ1) is 16.3. The molecule has 1 saturated heterocycles. The van der Waals surface area contributed by atoms with Crippen LogP contribution in [0.2, 0.25) is 0 Å². The average molecular weight is 467 g/mol. The molecule has 1 amide bonds. The van der Waals surface area contributed by atoms with Gasteiger partial charge in [0.15, 0.2) is 17.5 Å². The highest BCUT2D eigenvalue weighted by atomic mass is 19.2. The predicted octanol–water partition coefficient (Wildman–Crippen LogP) is 5.38. The van der Waals surface area contributed by atoms with E-state index in [9.17, 15) is 18.0 Å². The normalized spacial score (nSPS) is 21.5. The average Bonchev–Trinajstić information content (AvgIpc) is 3.60. The molecule has 8 heteroatoms. The maximum absolute atomic E-state index is 14.0. The number of aryl methyl sites for hydroxylation is 2. The minimum Gasteiger partial charge on any atom is -0.327 e. The summed E-state index contributed by atoms with van der Waals surface area (Å²) in [7, 11) is 1.72.